The number of hydrogen-bond donors (Lipinski definition) is 4. The molecule has 7 rings (SSSR count). The number of piperidine rings is 1. The fraction of sp³-hybridized carbons (Fsp3) is 0.450. The van der Waals surface area contributed by atoms with Gasteiger partial charge in [-0.05, 0) is 62.1 Å². The molecule has 1 atom stereocenters. The average molecular weight is 818 g/mol. The van der Waals surface area contributed by atoms with Crippen molar-refractivity contribution in [3.63, 3.8) is 0 Å². The molecule has 0 spiro atoms. The van der Waals surface area contributed by atoms with Gasteiger partial charge < -0.3 is 35.2 Å². The molecule has 312 valence electrons. The van der Waals surface area contributed by atoms with E-state index in [1.807, 2.05) is 0 Å². The molecule has 4 aliphatic rings. The van der Waals surface area contributed by atoms with Crippen molar-refractivity contribution in [3.8, 4) is 0 Å². The minimum absolute atomic E-state index is 0.0439. The van der Waals surface area contributed by atoms with Gasteiger partial charge in [0.05, 0.1) is 37.1 Å². The van der Waals surface area contributed by atoms with E-state index >= 15 is 0 Å². The third-order valence-corrected chi connectivity index (χ3v) is 10.7. The Morgan fingerprint density at radius 1 is 0.932 bits per heavy atom. The molecule has 17 nitrogen and oxygen atoms in total. The molecule has 4 N–H and O–H groups in total. The number of nitrogens with one attached hydrogen (secondary N) is 4. The first-order chi connectivity index (χ1) is 28.4. The summed E-state index contributed by atoms with van der Waals surface area (Å²) in [7, 11) is 1.30. The van der Waals surface area contributed by atoms with Crippen LogP contribution in [-0.4, -0.2) is 121 Å². The Balaban J connectivity index is 0.792. The number of hydrogen-bond acceptors (Lipinski definition) is 13. The first-order valence-corrected chi connectivity index (χ1v) is 19.6. The van der Waals surface area contributed by atoms with Crippen LogP contribution in [0.2, 0.25) is 0 Å². The van der Waals surface area contributed by atoms with Crippen LogP contribution in [0.15, 0.2) is 48.7 Å². The molecule has 1 saturated heterocycles. The lowest BCUT2D eigenvalue weighted by Gasteiger charge is -2.31. The maximum absolute atomic E-state index is 14.9. The zero-order chi connectivity index (χ0) is 41.7. The number of carbonyl (C=O) groups excluding carboxylic acids is 6. The van der Waals surface area contributed by atoms with Crippen molar-refractivity contribution in [1.29, 1.82) is 0 Å². The number of carbonyl (C=O) groups is 6. The molecule has 3 aliphatic heterocycles. The molecular formula is C40H45F2N9O8. The Bertz CT molecular complexity index is 2110. The number of halogens is 2. The molecule has 4 heterocycles. The third kappa shape index (κ3) is 9.00. The highest BCUT2D eigenvalue weighted by molar-refractivity contribution is 6.25. The SMILES string of the molecule is CN1C(=O)C(F)(F)CN(C2CCCC2)c2nc(Nc3ccc(C(=O)NCCOCCCOCCNc4cccc5c4C(=O)N(C4CCC(=O)NC4=O)C5=O)cc3)ncc21. The van der Waals surface area contributed by atoms with E-state index in [0.29, 0.717) is 49.7 Å². The van der Waals surface area contributed by atoms with Crippen LogP contribution in [0, 0.1) is 0 Å². The second-order valence-corrected chi connectivity index (χ2v) is 14.7. The summed E-state index contributed by atoms with van der Waals surface area (Å²) in [5.41, 5.74) is 2.04. The maximum Gasteiger partial charge on any atom is 0.342 e. The van der Waals surface area contributed by atoms with Crippen molar-refractivity contribution >= 4 is 64.3 Å². The quantitative estimate of drug-likeness (QED) is 0.121. The number of benzene rings is 2. The highest BCUT2D eigenvalue weighted by Crippen LogP contribution is 2.40. The highest BCUT2D eigenvalue weighted by Gasteiger charge is 2.49. The van der Waals surface area contributed by atoms with E-state index in [9.17, 15) is 37.5 Å². The molecule has 59 heavy (non-hydrogen) atoms. The summed E-state index contributed by atoms with van der Waals surface area (Å²) >= 11 is 0. The Hall–Kier alpha value is -6.08. The number of ether oxygens (including phenoxy) is 2. The summed E-state index contributed by atoms with van der Waals surface area (Å²) < 4.78 is 41.1. The van der Waals surface area contributed by atoms with Crippen molar-refractivity contribution in [2.24, 2.45) is 0 Å². The monoisotopic (exact) mass is 817 g/mol. The molecule has 2 aromatic carbocycles. The van der Waals surface area contributed by atoms with E-state index < -0.39 is 48.0 Å². The van der Waals surface area contributed by atoms with Gasteiger partial charge in [0.2, 0.25) is 17.8 Å². The lowest BCUT2D eigenvalue weighted by molar-refractivity contribution is -0.140. The fourth-order valence-electron chi connectivity index (χ4n) is 7.66. The number of aromatic nitrogens is 2. The zero-order valence-corrected chi connectivity index (χ0v) is 32.4. The van der Waals surface area contributed by atoms with Crippen LogP contribution < -0.4 is 31.1 Å². The number of alkyl halides is 2. The fourth-order valence-corrected chi connectivity index (χ4v) is 7.66. The first kappa shape index (κ1) is 41.1. The van der Waals surface area contributed by atoms with Gasteiger partial charge in [0.15, 0.2) is 5.82 Å². The highest BCUT2D eigenvalue weighted by atomic mass is 19.3. The van der Waals surface area contributed by atoms with Gasteiger partial charge in [-0.2, -0.15) is 13.8 Å². The summed E-state index contributed by atoms with van der Waals surface area (Å²) in [4.78, 5) is 87.6. The van der Waals surface area contributed by atoms with Crippen LogP contribution in [0.1, 0.15) is 76.0 Å². The molecule has 1 aliphatic carbocycles. The molecule has 2 fully saturated rings. The van der Waals surface area contributed by atoms with Crippen LogP contribution in [0.25, 0.3) is 0 Å². The summed E-state index contributed by atoms with van der Waals surface area (Å²) in [5, 5.41) is 11.2. The standard InChI is InChI=1S/C40H45F2N9O8/c1-49-30-22-45-39(48-33(30)50(26-6-2-3-7-26)23-40(41,42)38(49)57)46-25-12-10-24(11-13-25)34(53)44-17-21-59-19-5-18-58-20-16-43-28-9-4-8-27-32(28)37(56)51(36(27)55)29-14-15-31(52)47-35(29)54/h4,8-13,22,26,29,43H,2-3,5-7,14-21,23H2,1H3,(H,44,53)(H,45,46,48)(H,47,52,54). The first-order valence-electron chi connectivity index (χ1n) is 19.6. The Morgan fingerprint density at radius 2 is 1.66 bits per heavy atom. The Kier molecular flexibility index (Phi) is 12.4. The van der Waals surface area contributed by atoms with Gasteiger partial charge in [0, 0.05) is 62.8 Å². The molecule has 1 unspecified atom stereocenters. The number of amides is 6. The van der Waals surface area contributed by atoms with Crippen LogP contribution in [0.4, 0.5) is 37.6 Å². The molecular weight excluding hydrogens is 772 g/mol. The van der Waals surface area contributed by atoms with Crippen molar-refractivity contribution in [3.05, 3.63) is 65.4 Å². The Labute approximate surface area is 338 Å². The minimum Gasteiger partial charge on any atom is -0.382 e. The number of nitrogens with zero attached hydrogens (tertiary/aromatic N) is 5. The summed E-state index contributed by atoms with van der Waals surface area (Å²) in [5.74, 6) is -6.97. The lowest BCUT2D eigenvalue weighted by atomic mass is 10.0. The van der Waals surface area contributed by atoms with Crippen LogP contribution in [0.3, 0.4) is 0 Å². The van der Waals surface area contributed by atoms with Gasteiger partial charge in [-0.15, -0.1) is 0 Å². The molecule has 6 amide bonds. The number of imide groups is 2. The van der Waals surface area contributed by atoms with Gasteiger partial charge >= 0.3 is 5.92 Å². The molecule has 3 aromatic rings. The predicted molar refractivity (Wildman–Crippen MR) is 210 cm³/mol. The number of fused-ring (bicyclic) bond motifs is 2. The Morgan fingerprint density at radius 3 is 2.39 bits per heavy atom. The maximum atomic E-state index is 14.9. The van der Waals surface area contributed by atoms with Crippen molar-refractivity contribution in [2.75, 3.05) is 73.5 Å². The minimum atomic E-state index is -3.57. The van der Waals surface area contributed by atoms with Crippen LogP contribution in [0.5, 0.6) is 0 Å². The van der Waals surface area contributed by atoms with Crippen molar-refractivity contribution in [1.82, 2.24) is 25.5 Å². The lowest BCUT2D eigenvalue weighted by Crippen LogP contribution is -2.54. The molecule has 0 radical (unpaired) electrons. The predicted octanol–water partition coefficient (Wildman–Crippen LogP) is 3.25. The molecule has 0 bridgehead atoms. The van der Waals surface area contributed by atoms with E-state index in [2.05, 4.69) is 31.2 Å². The number of rotatable bonds is 16. The smallest absolute Gasteiger partial charge is 0.342 e. The van der Waals surface area contributed by atoms with Crippen LogP contribution in [-0.2, 0) is 23.9 Å². The number of anilines is 5. The molecule has 1 aromatic heterocycles. The molecule has 1 saturated carbocycles. The van der Waals surface area contributed by atoms with E-state index in [-0.39, 0.29) is 66.5 Å². The summed E-state index contributed by atoms with van der Waals surface area (Å²) in [6.07, 6.45) is 5.40. The van der Waals surface area contributed by atoms with Gasteiger partial charge in [-0.1, -0.05) is 18.9 Å². The van der Waals surface area contributed by atoms with Gasteiger partial charge in [-0.3, -0.25) is 39.0 Å². The van der Waals surface area contributed by atoms with Crippen LogP contribution >= 0.6 is 0 Å². The van der Waals surface area contributed by atoms with Gasteiger partial charge in [0.25, 0.3) is 23.6 Å². The van der Waals surface area contributed by atoms with E-state index in [4.69, 9.17) is 9.47 Å². The van der Waals surface area contributed by atoms with Gasteiger partial charge in [0.1, 0.15) is 11.7 Å². The van der Waals surface area contributed by atoms with E-state index in [1.165, 1.54) is 19.3 Å². The topological polar surface area (TPSA) is 204 Å². The van der Waals surface area contributed by atoms with Crippen molar-refractivity contribution in [2.45, 2.75) is 63.0 Å². The molecule has 19 heteroatoms. The van der Waals surface area contributed by atoms with E-state index in [0.717, 1.165) is 35.5 Å². The van der Waals surface area contributed by atoms with E-state index in [1.54, 1.807) is 41.3 Å². The third-order valence-electron chi connectivity index (χ3n) is 10.7. The second-order valence-electron chi connectivity index (χ2n) is 14.7. The average Bonchev–Trinajstić information content (AvgIpc) is 3.84. The second kappa shape index (κ2) is 17.8. The summed E-state index contributed by atoms with van der Waals surface area (Å²) in [6, 6.07) is 10.3. The normalized spacial score (nSPS) is 19.1. The summed E-state index contributed by atoms with van der Waals surface area (Å²) in [6.45, 7) is 1.29. The van der Waals surface area contributed by atoms with Gasteiger partial charge in [-0.25, -0.2) is 4.98 Å². The zero-order valence-electron chi connectivity index (χ0n) is 32.4. The van der Waals surface area contributed by atoms with Crippen molar-refractivity contribution < 1.29 is 47.0 Å². The largest absolute Gasteiger partial charge is 0.382 e.